The van der Waals surface area contributed by atoms with E-state index < -0.39 is 6.23 Å². The number of carbonyl (C=O) groups excluding carboxylic acids is 1. The van der Waals surface area contributed by atoms with E-state index in [0.29, 0.717) is 28.0 Å². The Bertz CT molecular complexity index is 1010. The molecule has 0 radical (unpaired) electrons. The molecule has 0 bridgehead atoms. The number of rotatable bonds is 8. The minimum atomic E-state index is -0.767. The summed E-state index contributed by atoms with van der Waals surface area (Å²) in [7, 11) is 3.58. The molecule has 1 N–H and O–H groups in total. The Labute approximate surface area is 189 Å². The molecule has 166 valence electrons. The summed E-state index contributed by atoms with van der Waals surface area (Å²) < 4.78 is 1.99. The molecule has 1 fully saturated rings. The molecule has 1 saturated carbocycles. The lowest BCUT2D eigenvalue weighted by Gasteiger charge is -2.29. The molecule has 3 rings (SSSR count). The van der Waals surface area contributed by atoms with E-state index in [2.05, 4.69) is 18.3 Å². The van der Waals surface area contributed by atoms with E-state index >= 15 is 0 Å². The summed E-state index contributed by atoms with van der Waals surface area (Å²) in [4.78, 5) is 16.8. The molecule has 2 aliphatic rings. The molecular formula is C24H31ClN4O2. The summed E-state index contributed by atoms with van der Waals surface area (Å²) in [5.74, 6) is -0.187. The predicted octanol–water partition coefficient (Wildman–Crippen LogP) is 4.62. The monoisotopic (exact) mass is 442 g/mol. The van der Waals surface area contributed by atoms with Gasteiger partial charge in [-0.25, -0.2) is 0 Å². The second kappa shape index (κ2) is 8.99. The summed E-state index contributed by atoms with van der Waals surface area (Å²) >= 11 is 5.97. The number of aliphatic hydroxyl groups is 1. The number of allylic oxidation sites excluding steroid dienone is 4. The van der Waals surface area contributed by atoms with E-state index in [1.54, 1.807) is 36.0 Å². The van der Waals surface area contributed by atoms with Gasteiger partial charge in [0.2, 0.25) is 0 Å². The van der Waals surface area contributed by atoms with Gasteiger partial charge in [0.05, 0.1) is 12.1 Å². The van der Waals surface area contributed by atoms with Gasteiger partial charge in [0, 0.05) is 22.0 Å². The molecule has 1 aliphatic carbocycles. The zero-order chi connectivity index (χ0) is 23.0. The molecule has 0 aromatic carbocycles. The molecule has 2 atom stereocenters. The summed E-state index contributed by atoms with van der Waals surface area (Å²) in [5, 5.41) is 15.4. The summed E-state index contributed by atoms with van der Waals surface area (Å²) in [6, 6.07) is 0.000568. The number of hydrogen-bond donors (Lipinski definition) is 1. The molecule has 7 heteroatoms. The molecule has 1 aromatic rings. The molecule has 31 heavy (non-hydrogen) atoms. The molecule has 0 spiro atoms. The van der Waals surface area contributed by atoms with Gasteiger partial charge in [-0.05, 0) is 71.0 Å². The van der Waals surface area contributed by atoms with Crippen LogP contribution in [-0.4, -0.2) is 50.9 Å². The first-order chi connectivity index (χ1) is 14.6. The van der Waals surface area contributed by atoms with Crippen molar-refractivity contribution in [3.63, 3.8) is 0 Å². The molecule has 0 saturated heterocycles. The van der Waals surface area contributed by atoms with Crippen molar-refractivity contribution in [2.24, 2.45) is 0 Å². The first-order valence-corrected chi connectivity index (χ1v) is 10.8. The Balaban J connectivity index is 2.09. The van der Waals surface area contributed by atoms with Gasteiger partial charge in [-0.15, -0.1) is 0 Å². The fourth-order valence-electron chi connectivity index (χ4n) is 4.01. The average Bonchev–Trinajstić information content (AvgIpc) is 3.43. The van der Waals surface area contributed by atoms with Gasteiger partial charge in [0.25, 0.3) is 5.91 Å². The van der Waals surface area contributed by atoms with Crippen molar-refractivity contribution in [3.05, 3.63) is 76.3 Å². The smallest absolute Gasteiger partial charge is 0.279 e. The first-order valence-electron chi connectivity index (χ1n) is 10.4. The molecule has 2 heterocycles. The van der Waals surface area contributed by atoms with Crippen LogP contribution < -0.4 is 0 Å². The summed E-state index contributed by atoms with van der Waals surface area (Å²) in [6.07, 6.45) is 8.72. The fourth-order valence-corrected chi connectivity index (χ4v) is 4.07. The fraction of sp³-hybridized carbons (Fsp3) is 0.417. The molecule has 1 unspecified atom stereocenters. The second-order valence-electron chi connectivity index (χ2n) is 8.39. The van der Waals surface area contributed by atoms with Crippen LogP contribution in [0.4, 0.5) is 0 Å². The van der Waals surface area contributed by atoms with Crippen LogP contribution in [0.2, 0.25) is 0 Å². The zero-order valence-electron chi connectivity index (χ0n) is 18.9. The third-order valence-electron chi connectivity index (χ3n) is 5.75. The predicted molar refractivity (Wildman–Crippen MR) is 125 cm³/mol. The van der Waals surface area contributed by atoms with Crippen molar-refractivity contribution in [1.82, 2.24) is 19.6 Å². The Morgan fingerprint density at radius 2 is 1.97 bits per heavy atom. The third-order valence-corrected chi connectivity index (χ3v) is 5.87. The van der Waals surface area contributed by atoms with E-state index in [0.717, 1.165) is 29.7 Å². The quantitative estimate of drug-likeness (QED) is 0.471. The number of hydrogen-bond acceptors (Lipinski definition) is 4. The van der Waals surface area contributed by atoms with Gasteiger partial charge < -0.3 is 5.11 Å². The standard InChI is InChI=1S/C24H31ClN4O2/c1-8-18(10-9-15(3)25)22-20-17(5)29(19-11-12-19)26-21(20)24(31)28(22)16(4)13-14(2)23(30)27(6)7/h8-10,13,19,22-23,30H,3-4,11-12H2,1-2,5-7H3/b10-9-,14-13-,18-8+/t22-,23?/m0/s1. The number of nitrogens with zero attached hydrogens (tertiary/aromatic N) is 4. The topological polar surface area (TPSA) is 61.6 Å². The highest BCUT2D eigenvalue weighted by atomic mass is 35.5. The van der Waals surface area contributed by atoms with Crippen molar-refractivity contribution < 1.29 is 9.90 Å². The van der Waals surface area contributed by atoms with Crippen molar-refractivity contribution in [1.29, 1.82) is 0 Å². The Kier molecular flexibility index (Phi) is 6.74. The number of aromatic nitrogens is 2. The van der Waals surface area contributed by atoms with E-state index in [1.165, 1.54) is 0 Å². The van der Waals surface area contributed by atoms with Crippen LogP contribution in [0.25, 0.3) is 0 Å². The minimum absolute atomic E-state index is 0.187. The van der Waals surface area contributed by atoms with Gasteiger partial charge in [-0.3, -0.25) is 19.3 Å². The van der Waals surface area contributed by atoms with Gasteiger partial charge >= 0.3 is 0 Å². The first kappa shape index (κ1) is 23.3. The van der Waals surface area contributed by atoms with E-state index in [-0.39, 0.29) is 11.9 Å². The maximum Gasteiger partial charge on any atom is 0.279 e. The van der Waals surface area contributed by atoms with Crippen molar-refractivity contribution in [2.45, 2.75) is 51.9 Å². The normalized spacial score (nSPS) is 20.7. The minimum Gasteiger partial charge on any atom is -0.374 e. The highest BCUT2D eigenvalue weighted by molar-refractivity contribution is 6.30. The van der Waals surface area contributed by atoms with Crippen LogP contribution in [-0.2, 0) is 0 Å². The van der Waals surface area contributed by atoms with Crippen molar-refractivity contribution in [3.8, 4) is 0 Å². The molecule has 6 nitrogen and oxygen atoms in total. The summed E-state index contributed by atoms with van der Waals surface area (Å²) in [6.45, 7) is 13.7. The van der Waals surface area contributed by atoms with Gasteiger partial charge in [0.15, 0.2) is 5.69 Å². The van der Waals surface area contributed by atoms with E-state index in [1.807, 2.05) is 37.6 Å². The third kappa shape index (κ3) is 4.47. The highest BCUT2D eigenvalue weighted by Crippen LogP contribution is 2.46. The van der Waals surface area contributed by atoms with Crippen LogP contribution in [0.15, 0.2) is 59.3 Å². The van der Waals surface area contributed by atoms with Gasteiger partial charge in [0.1, 0.15) is 6.23 Å². The zero-order valence-corrected chi connectivity index (χ0v) is 19.6. The highest BCUT2D eigenvalue weighted by Gasteiger charge is 2.45. The number of amides is 1. The number of fused-ring (bicyclic) bond motifs is 1. The Hall–Kier alpha value is -2.41. The lowest BCUT2D eigenvalue weighted by Crippen LogP contribution is -2.31. The number of likely N-dealkylation sites (N-methyl/N-ethyl adjacent to an activating group) is 1. The average molecular weight is 443 g/mol. The lowest BCUT2D eigenvalue weighted by atomic mass is 9.97. The maximum atomic E-state index is 13.5. The summed E-state index contributed by atoms with van der Waals surface area (Å²) in [5.41, 5.74) is 4.45. The van der Waals surface area contributed by atoms with Crippen LogP contribution >= 0.6 is 11.6 Å². The number of carbonyl (C=O) groups is 1. The number of aliphatic hydroxyl groups excluding tert-OH is 1. The molecule has 1 amide bonds. The van der Waals surface area contributed by atoms with Crippen LogP contribution in [0.5, 0.6) is 0 Å². The Morgan fingerprint density at radius 1 is 1.32 bits per heavy atom. The number of halogens is 1. The largest absolute Gasteiger partial charge is 0.374 e. The van der Waals surface area contributed by atoms with Crippen LogP contribution in [0, 0.1) is 6.92 Å². The van der Waals surface area contributed by atoms with Crippen LogP contribution in [0.3, 0.4) is 0 Å². The van der Waals surface area contributed by atoms with Gasteiger partial charge in [-0.2, -0.15) is 5.10 Å². The van der Waals surface area contributed by atoms with Crippen molar-refractivity contribution >= 4 is 17.5 Å². The molecular weight excluding hydrogens is 412 g/mol. The Morgan fingerprint density at radius 3 is 2.48 bits per heavy atom. The SMILES string of the molecule is C=C(Cl)/C=C\C(=C/C)[C@H]1c2c(nn(C3CC3)c2C)C(=O)N1C(=C)/C=C(/C)C(O)N(C)C. The van der Waals surface area contributed by atoms with E-state index in [9.17, 15) is 9.90 Å². The van der Waals surface area contributed by atoms with Crippen LogP contribution in [0.1, 0.15) is 60.5 Å². The maximum absolute atomic E-state index is 13.5. The van der Waals surface area contributed by atoms with E-state index in [4.69, 9.17) is 11.6 Å². The van der Waals surface area contributed by atoms with Gasteiger partial charge in [-0.1, -0.05) is 36.9 Å². The lowest BCUT2D eigenvalue weighted by molar-refractivity contribution is 0.0720. The second-order valence-corrected chi connectivity index (χ2v) is 8.87. The molecule has 1 aliphatic heterocycles. The molecule has 1 aromatic heterocycles. The van der Waals surface area contributed by atoms with Crippen molar-refractivity contribution in [2.75, 3.05) is 14.1 Å².